The molecule has 0 fully saturated rings. The number of aromatic nitrogens is 3. The fourth-order valence-corrected chi connectivity index (χ4v) is 3.65. The van der Waals surface area contributed by atoms with Crippen LogP contribution in [0.3, 0.4) is 0 Å². The lowest BCUT2D eigenvalue weighted by Crippen LogP contribution is -1.93. The van der Waals surface area contributed by atoms with Crippen LogP contribution in [-0.4, -0.2) is 28.2 Å². The van der Waals surface area contributed by atoms with Crippen LogP contribution in [0.25, 0.3) is 10.8 Å². The number of fused-ring (bicyclic) bond motifs is 1. The average Bonchev–Trinajstić information content (AvgIpc) is 3.18. The maximum absolute atomic E-state index is 5.93. The molecule has 7 heteroatoms. The summed E-state index contributed by atoms with van der Waals surface area (Å²) in [7, 11) is 1.67. The lowest BCUT2D eigenvalue weighted by Gasteiger charge is -2.04. The first-order valence-corrected chi connectivity index (χ1v) is 9.97. The minimum absolute atomic E-state index is 0.732. The van der Waals surface area contributed by atoms with E-state index in [0.717, 1.165) is 43.6 Å². The number of methoxy groups -OCH3 is 1. The zero-order valence-corrected chi connectivity index (χ0v) is 16.7. The highest BCUT2D eigenvalue weighted by Gasteiger charge is 2.05. The van der Waals surface area contributed by atoms with Gasteiger partial charge in [0.15, 0.2) is 0 Å². The molecular weight excluding hydrogens is 392 g/mol. The molecule has 0 N–H and O–H groups in total. The second-order valence-corrected chi connectivity index (χ2v) is 7.47. The third-order valence-electron chi connectivity index (χ3n) is 4.18. The Balaban J connectivity index is 1.48. The maximum Gasteiger partial charge on any atom is 0.212 e. The van der Waals surface area contributed by atoms with Gasteiger partial charge in [-0.2, -0.15) is 9.78 Å². The SMILES string of the molecule is COc1ccc2cc(/C=N\n3cnnc3SCc3ccc(Cl)cc3)ccc2c1. The van der Waals surface area contributed by atoms with E-state index in [0.29, 0.717) is 0 Å². The van der Waals surface area contributed by atoms with E-state index in [9.17, 15) is 0 Å². The molecular formula is C21H17ClN4OS. The fourth-order valence-electron chi connectivity index (χ4n) is 2.70. The van der Waals surface area contributed by atoms with E-state index in [1.165, 1.54) is 0 Å². The molecule has 3 aromatic carbocycles. The van der Waals surface area contributed by atoms with Crippen LogP contribution >= 0.6 is 23.4 Å². The number of nitrogens with zero attached hydrogens (tertiary/aromatic N) is 4. The second-order valence-electron chi connectivity index (χ2n) is 6.09. The van der Waals surface area contributed by atoms with Crippen LogP contribution < -0.4 is 4.74 Å². The van der Waals surface area contributed by atoms with Gasteiger partial charge in [0.1, 0.15) is 12.1 Å². The molecule has 0 saturated heterocycles. The lowest BCUT2D eigenvalue weighted by molar-refractivity contribution is 0.415. The predicted molar refractivity (Wildman–Crippen MR) is 115 cm³/mol. The van der Waals surface area contributed by atoms with Crippen LogP contribution in [0.1, 0.15) is 11.1 Å². The van der Waals surface area contributed by atoms with Crippen molar-refractivity contribution in [3.63, 3.8) is 0 Å². The highest BCUT2D eigenvalue weighted by molar-refractivity contribution is 7.98. The molecule has 140 valence electrons. The second kappa shape index (κ2) is 8.46. The minimum atomic E-state index is 0.732. The summed E-state index contributed by atoms with van der Waals surface area (Å²) in [4.78, 5) is 0. The van der Waals surface area contributed by atoms with Gasteiger partial charge in [-0.1, -0.05) is 53.7 Å². The van der Waals surface area contributed by atoms with Gasteiger partial charge in [-0.3, -0.25) is 0 Å². The molecule has 0 unspecified atom stereocenters. The minimum Gasteiger partial charge on any atom is -0.497 e. The summed E-state index contributed by atoms with van der Waals surface area (Å²) in [5.41, 5.74) is 2.16. The quantitative estimate of drug-likeness (QED) is 0.322. The first-order chi connectivity index (χ1) is 13.7. The van der Waals surface area contributed by atoms with Crippen molar-refractivity contribution < 1.29 is 4.74 Å². The number of benzene rings is 3. The van der Waals surface area contributed by atoms with Crippen LogP contribution in [0.5, 0.6) is 5.75 Å². The van der Waals surface area contributed by atoms with Crippen LogP contribution in [0, 0.1) is 0 Å². The van der Waals surface area contributed by atoms with E-state index in [1.807, 2.05) is 48.5 Å². The molecule has 4 aromatic rings. The number of hydrogen-bond donors (Lipinski definition) is 0. The first-order valence-electron chi connectivity index (χ1n) is 8.61. The lowest BCUT2D eigenvalue weighted by atomic mass is 10.1. The maximum atomic E-state index is 5.93. The molecule has 28 heavy (non-hydrogen) atoms. The summed E-state index contributed by atoms with van der Waals surface area (Å²) in [6.45, 7) is 0. The Morgan fingerprint density at radius 1 is 1.07 bits per heavy atom. The van der Waals surface area contributed by atoms with Gasteiger partial charge < -0.3 is 4.74 Å². The summed E-state index contributed by atoms with van der Waals surface area (Å²) >= 11 is 7.50. The van der Waals surface area contributed by atoms with Crippen molar-refractivity contribution in [2.75, 3.05) is 7.11 Å². The van der Waals surface area contributed by atoms with Gasteiger partial charge in [-0.25, -0.2) is 0 Å². The smallest absolute Gasteiger partial charge is 0.212 e. The van der Waals surface area contributed by atoms with Crippen molar-refractivity contribution in [1.29, 1.82) is 0 Å². The van der Waals surface area contributed by atoms with Gasteiger partial charge in [0.2, 0.25) is 5.16 Å². The molecule has 0 aliphatic rings. The zero-order valence-electron chi connectivity index (χ0n) is 15.1. The van der Waals surface area contributed by atoms with Crippen LogP contribution in [0.4, 0.5) is 0 Å². The molecule has 0 radical (unpaired) electrons. The van der Waals surface area contributed by atoms with Crippen LogP contribution in [0.15, 0.2) is 77.2 Å². The number of thioether (sulfide) groups is 1. The fraction of sp³-hybridized carbons (Fsp3) is 0.0952. The average molecular weight is 409 g/mol. The van der Waals surface area contributed by atoms with Gasteiger partial charge >= 0.3 is 0 Å². The summed E-state index contributed by atoms with van der Waals surface area (Å²) in [5, 5.41) is 16.3. The van der Waals surface area contributed by atoms with Crippen LogP contribution in [-0.2, 0) is 5.75 Å². The number of hydrogen-bond acceptors (Lipinski definition) is 5. The third kappa shape index (κ3) is 4.35. The number of rotatable bonds is 6. The molecule has 1 heterocycles. The predicted octanol–water partition coefficient (Wildman–Crippen LogP) is 5.27. The van der Waals surface area contributed by atoms with Gasteiger partial charge in [0.05, 0.1) is 13.3 Å². The Morgan fingerprint density at radius 3 is 2.68 bits per heavy atom. The van der Waals surface area contributed by atoms with Crippen molar-refractivity contribution >= 4 is 40.3 Å². The molecule has 0 aliphatic heterocycles. The highest BCUT2D eigenvalue weighted by Crippen LogP contribution is 2.23. The van der Waals surface area contributed by atoms with E-state index < -0.39 is 0 Å². The molecule has 0 saturated carbocycles. The van der Waals surface area contributed by atoms with E-state index in [1.54, 1.807) is 36.1 Å². The molecule has 1 aromatic heterocycles. The zero-order chi connectivity index (χ0) is 19.3. The van der Waals surface area contributed by atoms with Crippen molar-refractivity contribution in [3.05, 3.63) is 83.1 Å². The Kier molecular flexibility index (Phi) is 5.60. The van der Waals surface area contributed by atoms with Crippen molar-refractivity contribution in [1.82, 2.24) is 14.9 Å². The molecule has 0 spiro atoms. The summed E-state index contributed by atoms with van der Waals surface area (Å²) in [6, 6.07) is 20.0. The van der Waals surface area contributed by atoms with E-state index >= 15 is 0 Å². The van der Waals surface area contributed by atoms with Gasteiger partial charge in [0.25, 0.3) is 0 Å². The van der Waals surface area contributed by atoms with Gasteiger partial charge in [-0.15, -0.1) is 10.2 Å². The van der Waals surface area contributed by atoms with Gasteiger partial charge in [0, 0.05) is 10.8 Å². The topological polar surface area (TPSA) is 52.3 Å². The largest absolute Gasteiger partial charge is 0.497 e. The van der Waals surface area contributed by atoms with Gasteiger partial charge in [-0.05, 0) is 52.2 Å². The molecule has 0 bridgehead atoms. The Morgan fingerprint density at radius 2 is 1.86 bits per heavy atom. The van der Waals surface area contributed by atoms with Crippen molar-refractivity contribution in [2.45, 2.75) is 10.9 Å². The van der Waals surface area contributed by atoms with E-state index in [2.05, 4.69) is 27.4 Å². The number of halogens is 1. The molecule has 5 nitrogen and oxygen atoms in total. The third-order valence-corrected chi connectivity index (χ3v) is 5.44. The summed E-state index contributed by atoms with van der Waals surface area (Å²) < 4.78 is 6.95. The van der Waals surface area contributed by atoms with E-state index in [4.69, 9.17) is 16.3 Å². The van der Waals surface area contributed by atoms with Crippen molar-refractivity contribution in [3.8, 4) is 5.75 Å². The standard InChI is InChI=1S/C21H17ClN4OS/c1-27-20-9-6-17-10-16(2-5-18(17)11-20)12-24-26-14-23-25-21(26)28-13-15-3-7-19(22)8-4-15/h2-12,14H,13H2,1H3/b24-12-. The Bertz CT molecular complexity index is 1120. The van der Waals surface area contributed by atoms with E-state index in [-0.39, 0.29) is 0 Å². The molecule has 0 amide bonds. The summed E-state index contributed by atoms with van der Waals surface area (Å²) in [6.07, 6.45) is 3.41. The van der Waals surface area contributed by atoms with Crippen molar-refractivity contribution in [2.24, 2.45) is 5.10 Å². The monoisotopic (exact) mass is 408 g/mol. The Labute approximate surface area is 172 Å². The normalized spacial score (nSPS) is 11.4. The number of ether oxygens (including phenoxy) is 1. The molecule has 4 rings (SSSR count). The Hall–Kier alpha value is -2.83. The molecule has 0 atom stereocenters. The first kappa shape index (κ1) is 18.5. The van der Waals surface area contributed by atoms with Crippen LogP contribution in [0.2, 0.25) is 5.02 Å². The highest BCUT2D eigenvalue weighted by atomic mass is 35.5. The molecule has 0 aliphatic carbocycles. The summed E-state index contributed by atoms with van der Waals surface area (Å²) in [5.74, 6) is 1.61.